The quantitative estimate of drug-likeness (QED) is 0.652. The molecule has 0 radical (unpaired) electrons. The van der Waals surface area contributed by atoms with E-state index in [2.05, 4.69) is 26.8 Å². The van der Waals surface area contributed by atoms with Crippen molar-refractivity contribution >= 4 is 0 Å². The molecule has 1 spiro atoms. The van der Waals surface area contributed by atoms with E-state index in [0.717, 1.165) is 25.0 Å². The minimum absolute atomic E-state index is 0.0150. The number of aliphatic hydroxyl groups excluding tert-OH is 1. The molecule has 1 aromatic rings. The molecule has 1 unspecified atom stereocenters. The molecule has 27 heavy (non-hydrogen) atoms. The van der Waals surface area contributed by atoms with Crippen LogP contribution in [0.4, 0.5) is 0 Å². The summed E-state index contributed by atoms with van der Waals surface area (Å²) in [5.74, 6) is 1.50. The summed E-state index contributed by atoms with van der Waals surface area (Å²) in [6.45, 7) is 7.15. The average molecular weight is 372 g/mol. The van der Waals surface area contributed by atoms with Gasteiger partial charge in [0, 0.05) is 30.4 Å². The maximum Gasteiger partial charge on any atom is 0.132 e. The van der Waals surface area contributed by atoms with Crippen LogP contribution in [0, 0.1) is 11.3 Å². The molecular formula is C22H28O5. The third kappa shape index (κ3) is 1.68. The van der Waals surface area contributed by atoms with Crippen molar-refractivity contribution in [1.82, 2.24) is 0 Å². The average Bonchev–Trinajstić information content (AvgIpc) is 3.22. The number of fused-ring (bicyclic) bond motifs is 2. The summed E-state index contributed by atoms with van der Waals surface area (Å²) in [5, 5.41) is 11.4. The number of methoxy groups -OCH3 is 1. The molecule has 1 N–H and O–H groups in total. The lowest BCUT2D eigenvalue weighted by molar-refractivity contribution is -0.290. The Hall–Kier alpha value is -1.14. The Bertz CT molecular complexity index is 847. The van der Waals surface area contributed by atoms with Gasteiger partial charge in [0.15, 0.2) is 0 Å². The lowest BCUT2D eigenvalue weighted by Gasteiger charge is -2.68. The van der Waals surface area contributed by atoms with E-state index in [1.807, 2.05) is 6.26 Å². The molecule has 7 rings (SSSR count). The fourth-order valence-electron chi connectivity index (χ4n) is 6.95. The van der Waals surface area contributed by atoms with E-state index < -0.39 is 17.3 Å². The Balaban J connectivity index is 1.46. The van der Waals surface area contributed by atoms with Crippen molar-refractivity contribution in [3.05, 3.63) is 34.8 Å². The van der Waals surface area contributed by atoms with Crippen LogP contribution in [-0.2, 0) is 27.2 Å². The van der Waals surface area contributed by atoms with Gasteiger partial charge in [-0.3, -0.25) is 0 Å². The van der Waals surface area contributed by atoms with Gasteiger partial charge in [-0.25, -0.2) is 0 Å². The zero-order valence-electron chi connectivity index (χ0n) is 16.5. The molecule has 0 amide bonds. The van der Waals surface area contributed by atoms with Crippen molar-refractivity contribution in [3.8, 4) is 0 Å². The minimum Gasteiger partial charge on any atom is -0.466 e. The Morgan fingerprint density at radius 1 is 1.33 bits per heavy atom. The predicted molar refractivity (Wildman–Crippen MR) is 97.3 cm³/mol. The van der Waals surface area contributed by atoms with Gasteiger partial charge >= 0.3 is 0 Å². The SMILES string of the molecule is COCc1occ2c1CC[C@]1(C)C3=C[C@@H]4O[C@]4(C(C)C)[C@@H](O)[C@]34CC(O4)[C@@H]21. The van der Waals surface area contributed by atoms with Gasteiger partial charge in [0.05, 0.1) is 12.4 Å². The molecule has 5 nitrogen and oxygen atoms in total. The third-order valence-corrected chi connectivity index (χ3v) is 8.32. The van der Waals surface area contributed by atoms with E-state index in [1.54, 1.807) is 7.11 Å². The molecular weight excluding hydrogens is 344 g/mol. The van der Waals surface area contributed by atoms with Gasteiger partial charge in [0.25, 0.3) is 0 Å². The molecule has 5 heteroatoms. The molecule has 6 aliphatic rings. The summed E-state index contributed by atoms with van der Waals surface area (Å²) >= 11 is 0. The third-order valence-electron chi connectivity index (χ3n) is 8.32. The summed E-state index contributed by atoms with van der Waals surface area (Å²) in [6, 6.07) is 0. The zero-order valence-corrected chi connectivity index (χ0v) is 16.5. The van der Waals surface area contributed by atoms with Crippen LogP contribution in [0.3, 0.4) is 0 Å². The van der Waals surface area contributed by atoms with Crippen LogP contribution in [0.15, 0.2) is 22.3 Å². The van der Waals surface area contributed by atoms with Crippen LogP contribution in [0.25, 0.3) is 0 Å². The largest absolute Gasteiger partial charge is 0.466 e. The lowest BCUT2D eigenvalue weighted by Crippen LogP contribution is -2.74. The maximum absolute atomic E-state index is 11.4. The van der Waals surface area contributed by atoms with Crippen molar-refractivity contribution in [2.24, 2.45) is 11.3 Å². The van der Waals surface area contributed by atoms with Crippen molar-refractivity contribution < 1.29 is 23.7 Å². The summed E-state index contributed by atoms with van der Waals surface area (Å²) in [5.41, 5.74) is 2.83. The first kappa shape index (κ1) is 16.8. The summed E-state index contributed by atoms with van der Waals surface area (Å²) in [7, 11) is 1.71. The molecule has 3 saturated heterocycles. The number of hydrogen-bond donors (Lipinski definition) is 1. The highest BCUT2D eigenvalue weighted by atomic mass is 16.6. The van der Waals surface area contributed by atoms with Crippen molar-refractivity contribution in [2.45, 2.75) is 82.1 Å². The van der Waals surface area contributed by atoms with E-state index >= 15 is 0 Å². The van der Waals surface area contributed by atoms with Gasteiger partial charge < -0.3 is 23.7 Å². The lowest BCUT2D eigenvalue weighted by atomic mass is 9.46. The van der Waals surface area contributed by atoms with E-state index in [-0.39, 0.29) is 29.5 Å². The Morgan fingerprint density at radius 2 is 2.11 bits per heavy atom. The van der Waals surface area contributed by atoms with E-state index in [9.17, 15) is 5.11 Å². The van der Waals surface area contributed by atoms with Gasteiger partial charge in [0.2, 0.25) is 0 Å². The first-order valence-corrected chi connectivity index (χ1v) is 10.2. The highest BCUT2D eigenvalue weighted by molar-refractivity contribution is 5.52. The highest BCUT2D eigenvalue weighted by Gasteiger charge is 2.79. The molecule has 0 aromatic carbocycles. The fraction of sp³-hybridized carbons (Fsp3) is 0.727. The first-order chi connectivity index (χ1) is 12.9. The molecule has 1 aromatic heterocycles. The van der Waals surface area contributed by atoms with Gasteiger partial charge in [-0.05, 0) is 29.9 Å². The van der Waals surface area contributed by atoms with Crippen LogP contribution < -0.4 is 0 Å². The summed E-state index contributed by atoms with van der Waals surface area (Å²) < 4.78 is 23.8. The van der Waals surface area contributed by atoms with Crippen LogP contribution in [-0.4, -0.2) is 41.7 Å². The van der Waals surface area contributed by atoms with Crippen LogP contribution in [0.2, 0.25) is 0 Å². The van der Waals surface area contributed by atoms with Crippen molar-refractivity contribution in [1.29, 1.82) is 0 Å². The molecule has 2 bridgehead atoms. The smallest absolute Gasteiger partial charge is 0.132 e. The van der Waals surface area contributed by atoms with Crippen molar-refractivity contribution in [3.63, 3.8) is 0 Å². The number of ether oxygens (including phenoxy) is 3. The number of epoxide rings is 1. The molecule has 7 atom stereocenters. The van der Waals surface area contributed by atoms with E-state index in [4.69, 9.17) is 18.6 Å². The first-order valence-electron chi connectivity index (χ1n) is 10.2. The van der Waals surface area contributed by atoms with Gasteiger partial charge in [-0.1, -0.05) is 26.8 Å². The second kappa shape index (κ2) is 4.88. The number of furan rings is 1. The molecule has 146 valence electrons. The van der Waals surface area contributed by atoms with Crippen LogP contribution >= 0.6 is 0 Å². The zero-order chi connectivity index (χ0) is 18.8. The standard InChI is InChI=1S/C22H28O5/c1-11(2)22-17(27-22)7-16-20(3)6-5-12-13(9-25-15(12)10-24-4)18(20)14-8-21(16,26-14)19(22)23/h7,9,11,14,17-19,23H,5-6,8,10H2,1-4H3/t14?,17-,18+,19-,20+,21-,22-/m0/s1. The maximum atomic E-state index is 11.4. The highest BCUT2D eigenvalue weighted by Crippen LogP contribution is 2.72. The second-order valence-electron chi connectivity index (χ2n) is 9.70. The number of hydrogen-bond acceptors (Lipinski definition) is 5. The fourth-order valence-corrected chi connectivity index (χ4v) is 6.95. The van der Waals surface area contributed by atoms with Gasteiger partial charge in [-0.2, -0.15) is 0 Å². The molecule has 1 saturated carbocycles. The molecule has 4 heterocycles. The number of aliphatic hydroxyl groups is 1. The monoisotopic (exact) mass is 372 g/mol. The molecule has 3 aliphatic heterocycles. The van der Waals surface area contributed by atoms with Crippen molar-refractivity contribution in [2.75, 3.05) is 7.11 Å². The predicted octanol–water partition coefficient (Wildman–Crippen LogP) is 3.10. The Morgan fingerprint density at radius 3 is 2.81 bits per heavy atom. The number of rotatable bonds is 3. The van der Waals surface area contributed by atoms with Crippen LogP contribution in [0.5, 0.6) is 0 Å². The summed E-state index contributed by atoms with van der Waals surface area (Å²) in [6.07, 6.45) is 6.68. The molecule has 4 fully saturated rings. The summed E-state index contributed by atoms with van der Waals surface area (Å²) in [4.78, 5) is 0. The Labute approximate surface area is 159 Å². The normalized spacial score (nSPS) is 48.7. The van der Waals surface area contributed by atoms with Gasteiger partial charge in [-0.15, -0.1) is 0 Å². The van der Waals surface area contributed by atoms with E-state index in [1.165, 1.54) is 16.7 Å². The van der Waals surface area contributed by atoms with E-state index in [0.29, 0.717) is 6.61 Å². The minimum atomic E-state index is -0.584. The molecule has 3 aliphatic carbocycles. The Kier molecular flexibility index (Phi) is 3.03. The second-order valence-corrected chi connectivity index (χ2v) is 9.70. The van der Waals surface area contributed by atoms with Crippen LogP contribution in [0.1, 0.15) is 56.4 Å². The van der Waals surface area contributed by atoms with Gasteiger partial charge in [0.1, 0.15) is 35.8 Å². The topological polar surface area (TPSA) is 64.4 Å².